The monoisotopic (exact) mass is 399 g/mol. The SMILES string of the molecule is CCCSc1ncc(CN2[C@H]3CC[C@H]2CC(O)(c2ccc(OC)cc2)C3)cn1. The van der Waals surface area contributed by atoms with Gasteiger partial charge in [-0.2, -0.15) is 0 Å². The molecule has 5 nitrogen and oxygen atoms in total. The first kappa shape index (κ1) is 19.7. The molecule has 0 saturated carbocycles. The Kier molecular flexibility index (Phi) is 5.90. The van der Waals surface area contributed by atoms with Gasteiger partial charge in [0.15, 0.2) is 5.16 Å². The summed E-state index contributed by atoms with van der Waals surface area (Å²) >= 11 is 1.71. The van der Waals surface area contributed by atoms with Gasteiger partial charge in [0.2, 0.25) is 0 Å². The highest BCUT2D eigenvalue weighted by molar-refractivity contribution is 7.99. The highest BCUT2D eigenvalue weighted by atomic mass is 32.2. The smallest absolute Gasteiger partial charge is 0.187 e. The van der Waals surface area contributed by atoms with Crippen LogP contribution >= 0.6 is 11.8 Å². The van der Waals surface area contributed by atoms with Gasteiger partial charge in [-0.3, -0.25) is 4.90 Å². The van der Waals surface area contributed by atoms with Crippen LogP contribution in [0.4, 0.5) is 0 Å². The minimum Gasteiger partial charge on any atom is -0.497 e. The number of piperidine rings is 1. The van der Waals surface area contributed by atoms with Crippen LogP contribution in [0.2, 0.25) is 0 Å². The first-order valence-electron chi connectivity index (χ1n) is 10.2. The molecule has 28 heavy (non-hydrogen) atoms. The first-order chi connectivity index (χ1) is 13.6. The zero-order valence-electron chi connectivity index (χ0n) is 16.7. The van der Waals surface area contributed by atoms with Gasteiger partial charge in [0.1, 0.15) is 5.75 Å². The Morgan fingerprint density at radius 1 is 1.14 bits per heavy atom. The van der Waals surface area contributed by atoms with E-state index in [-0.39, 0.29) is 0 Å². The van der Waals surface area contributed by atoms with Crippen molar-refractivity contribution in [3.8, 4) is 5.75 Å². The Balaban J connectivity index is 1.43. The van der Waals surface area contributed by atoms with Crippen molar-refractivity contribution < 1.29 is 9.84 Å². The van der Waals surface area contributed by atoms with Crippen molar-refractivity contribution in [3.05, 3.63) is 47.8 Å². The molecule has 2 saturated heterocycles. The predicted octanol–water partition coefficient (Wildman–Crippen LogP) is 4.00. The lowest BCUT2D eigenvalue weighted by atomic mass is 9.80. The van der Waals surface area contributed by atoms with Crippen LogP contribution in [-0.4, -0.2) is 44.9 Å². The number of nitrogens with zero attached hydrogens (tertiary/aromatic N) is 3. The van der Waals surface area contributed by atoms with Crippen molar-refractivity contribution in [2.24, 2.45) is 0 Å². The summed E-state index contributed by atoms with van der Waals surface area (Å²) in [6.45, 7) is 3.04. The molecule has 4 rings (SSSR count). The quantitative estimate of drug-likeness (QED) is 0.561. The number of methoxy groups -OCH3 is 1. The molecule has 150 valence electrons. The maximum Gasteiger partial charge on any atom is 0.187 e. The Labute approximate surface area is 171 Å². The Bertz CT molecular complexity index is 767. The summed E-state index contributed by atoms with van der Waals surface area (Å²) in [4.78, 5) is 11.6. The third kappa shape index (κ3) is 4.04. The average molecular weight is 400 g/mol. The number of benzene rings is 1. The molecule has 3 heterocycles. The molecule has 0 amide bonds. The highest BCUT2D eigenvalue weighted by Gasteiger charge is 2.48. The molecule has 0 radical (unpaired) electrons. The van der Waals surface area contributed by atoms with E-state index in [2.05, 4.69) is 21.8 Å². The third-order valence-corrected chi connectivity index (χ3v) is 7.11. The molecule has 1 aromatic heterocycles. The van der Waals surface area contributed by atoms with Crippen LogP contribution < -0.4 is 4.74 Å². The van der Waals surface area contributed by atoms with E-state index in [1.807, 2.05) is 36.7 Å². The number of thioether (sulfide) groups is 1. The van der Waals surface area contributed by atoms with Gasteiger partial charge in [0, 0.05) is 42.3 Å². The van der Waals surface area contributed by atoms with Crippen molar-refractivity contribution in [2.45, 2.75) is 68.4 Å². The molecule has 2 fully saturated rings. The van der Waals surface area contributed by atoms with Crippen molar-refractivity contribution in [3.63, 3.8) is 0 Å². The third-order valence-electron chi connectivity index (χ3n) is 6.03. The van der Waals surface area contributed by atoms with Gasteiger partial charge in [-0.25, -0.2) is 9.97 Å². The molecule has 1 aromatic carbocycles. The van der Waals surface area contributed by atoms with E-state index in [4.69, 9.17) is 4.74 Å². The second-order valence-corrected chi connectivity index (χ2v) is 9.01. The fourth-order valence-corrected chi connectivity index (χ4v) is 5.26. The normalized spacial score (nSPS) is 27.1. The number of aromatic nitrogens is 2. The zero-order valence-corrected chi connectivity index (χ0v) is 17.5. The maximum atomic E-state index is 11.4. The summed E-state index contributed by atoms with van der Waals surface area (Å²) in [5.74, 6) is 1.88. The summed E-state index contributed by atoms with van der Waals surface area (Å²) in [7, 11) is 1.67. The van der Waals surface area contributed by atoms with Gasteiger partial charge in [0.05, 0.1) is 12.7 Å². The van der Waals surface area contributed by atoms with Gasteiger partial charge in [-0.1, -0.05) is 30.8 Å². The standard InChI is InChI=1S/C22H29N3O2S/c1-3-10-28-21-23-13-16(14-24-21)15-25-18-6-7-19(25)12-22(26,11-18)17-4-8-20(27-2)9-5-17/h4-5,8-9,13-14,18-19,26H,3,6-7,10-12,15H2,1-2H3/t18-,19-/m0/s1. The molecule has 0 aliphatic carbocycles. The lowest BCUT2D eigenvalue weighted by Crippen LogP contribution is -2.49. The minimum atomic E-state index is -0.744. The maximum absolute atomic E-state index is 11.4. The molecule has 2 bridgehead atoms. The second kappa shape index (κ2) is 8.39. The summed E-state index contributed by atoms with van der Waals surface area (Å²) in [6, 6.07) is 8.71. The van der Waals surface area contributed by atoms with Crippen LogP contribution in [-0.2, 0) is 12.1 Å². The molecule has 0 spiro atoms. The summed E-state index contributed by atoms with van der Waals surface area (Å²) in [6.07, 6.45) is 8.92. The van der Waals surface area contributed by atoms with Crippen LogP contribution in [0.1, 0.15) is 50.2 Å². The lowest BCUT2D eigenvalue weighted by molar-refractivity contribution is -0.0595. The molecule has 2 atom stereocenters. The van der Waals surface area contributed by atoms with E-state index in [0.717, 1.165) is 66.4 Å². The first-order valence-corrected chi connectivity index (χ1v) is 11.2. The van der Waals surface area contributed by atoms with E-state index in [1.165, 1.54) is 0 Å². The Morgan fingerprint density at radius 3 is 2.36 bits per heavy atom. The molecule has 0 unspecified atom stereocenters. The van der Waals surface area contributed by atoms with Crippen molar-refractivity contribution in [1.82, 2.24) is 14.9 Å². The van der Waals surface area contributed by atoms with Crippen molar-refractivity contribution in [2.75, 3.05) is 12.9 Å². The molecular formula is C22H29N3O2S. The largest absolute Gasteiger partial charge is 0.497 e. The van der Waals surface area contributed by atoms with Gasteiger partial charge < -0.3 is 9.84 Å². The molecule has 2 aromatic rings. The Morgan fingerprint density at radius 2 is 1.79 bits per heavy atom. The number of ether oxygens (including phenoxy) is 1. The van der Waals surface area contributed by atoms with Crippen molar-refractivity contribution in [1.29, 1.82) is 0 Å². The summed E-state index contributed by atoms with van der Waals surface area (Å²) < 4.78 is 5.25. The van der Waals surface area contributed by atoms with E-state index in [1.54, 1.807) is 18.9 Å². The van der Waals surface area contributed by atoms with Crippen LogP contribution in [0.5, 0.6) is 5.75 Å². The molecule has 2 aliphatic heterocycles. The molecular weight excluding hydrogens is 370 g/mol. The number of hydrogen-bond donors (Lipinski definition) is 1. The minimum absolute atomic E-state index is 0.403. The predicted molar refractivity (Wildman–Crippen MR) is 112 cm³/mol. The highest BCUT2D eigenvalue weighted by Crippen LogP contribution is 2.46. The van der Waals surface area contributed by atoms with Gasteiger partial charge >= 0.3 is 0 Å². The molecule has 6 heteroatoms. The second-order valence-electron chi connectivity index (χ2n) is 7.95. The molecule has 1 N–H and O–H groups in total. The fraction of sp³-hybridized carbons (Fsp3) is 0.545. The van der Waals surface area contributed by atoms with Gasteiger partial charge in [-0.05, 0) is 49.8 Å². The van der Waals surface area contributed by atoms with E-state index in [9.17, 15) is 5.11 Å². The van der Waals surface area contributed by atoms with Crippen LogP contribution in [0, 0.1) is 0 Å². The van der Waals surface area contributed by atoms with Crippen LogP contribution in [0.15, 0.2) is 41.8 Å². The number of fused-ring (bicyclic) bond motifs is 2. The van der Waals surface area contributed by atoms with E-state index < -0.39 is 5.60 Å². The average Bonchev–Trinajstić information content (AvgIpc) is 2.97. The Hall–Kier alpha value is -1.63. The number of rotatable bonds is 7. The number of aliphatic hydroxyl groups is 1. The van der Waals surface area contributed by atoms with E-state index >= 15 is 0 Å². The fourth-order valence-electron chi connectivity index (χ4n) is 4.61. The van der Waals surface area contributed by atoms with Crippen LogP contribution in [0.3, 0.4) is 0 Å². The van der Waals surface area contributed by atoms with Gasteiger partial charge in [0.25, 0.3) is 0 Å². The van der Waals surface area contributed by atoms with Gasteiger partial charge in [-0.15, -0.1) is 0 Å². The topological polar surface area (TPSA) is 58.5 Å². The van der Waals surface area contributed by atoms with Crippen molar-refractivity contribution >= 4 is 11.8 Å². The van der Waals surface area contributed by atoms with Crippen LogP contribution in [0.25, 0.3) is 0 Å². The molecule has 2 aliphatic rings. The summed E-state index contributed by atoms with van der Waals surface area (Å²) in [5, 5.41) is 12.3. The lowest BCUT2D eigenvalue weighted by Gasteiger charge is -2.44. The summed E-state index contributed by atoms with van der Waals surface area (Å²) in [5.41, 5.74) is 1.42. The number of hydrogen-bond acceptors (Lipinski definition) is 6. The zero-order chi connectivity index (χ0) is 19.6. The van der Waals surface area contributed by atoms with E-state index in [0.29, 0.717) is 12.1 Å².